The van der Waals surface area contributed by atoms with Crippen LogP contribution in [0.25, 0.3) is 33.6 Å². The summed E-state index contributed by atoms with van der Waals surface area (Å²) < 4.78 is 5.35. The smallest absolute Gasteiger partial charge is 0.275 e. The lowest BCUT2D eigenvalue weighted by atomic mass is 10.0. The molecule has 0 spiro atoms. The molecule has 4 rings (SSSR count). The topological polar surface area (TPSA) is 54.7 Å². The summed E-state index contributed by atoms with van der Waals surface area (Å²) in [6, 6.07) is 15.9. The fourth-order valence-corrected chi connectivity index (χ4v) is 2.80. The van der Waals surface area contributed by atoms with Gasteiger partial charge in [0.1, 0.15) is 5.69 Å². The first kappa shape index (κ1) is 13.1. The number of hydrogen-bond donors (Lipinski definition) is 1. The predicted molar refractivity (Wildman–Crippen MR) is 86.8 cm³/mol. The van der Waals surface area contributed by atoms with Crippen molar-refractivity contribution in [3.63, 3.8) is 0 Å². The van der Waals surface area contributed by atoms with Crippen molar-refractivity contribution in [3.8, 4) is 22.7 Å². The summed E-state index contributed by atoms with van der Waals surface area (Å²) in [5.74, 6) is 1.08. The molecular formula is C17H12ClN3O. The average Bonchev–Trinajstić information content (AvgIpc) is 3.11. The number of nitrogens with one attached hydrogen (secondary N) is 1. The first-order valence-electron chi connectivity index (χ1n) is 6.90. The second kappa shape index (κ2) is 5.00. The summed E-state index contributed by atoms with van der Waals surface area (Å²) in [6.07, 6.45) is 0. The van der Waals surface area contributed by atoms with Crippen LogP contribution in [0, 0.1) is 6.92 Å². The largest absolute Gasteiger partial charge is 0.350 e. The Hall–Kier alpha value is -2.59. The Balaban J connectivity index is 2.08. The lowest BCUT2D eigenvalue weighted by Crippen LogP contribution is -1.83. The van der Waals surface area contributed by atoms with Gasteiger partial charge in [0.05, 0.1) is 0 Å². The van der Waals surface area contributed by atoms with Gasteiger partial charge in [-0.05, 0) is 30.7 Å². The fraction of sp³-hybridized carbons (Fsp3) is 0.0588. The van der Waals surface area contributed by atoms with E-state index in [1.807, 2.05) is 36.4 Å². The molecule has 0 bridgehead atoms. The van der Waals surface area contributed by atoms with Gasteiger partial charge in [-0.1, -0.05) is 47.1 Å². The Morgan fingerprint density at radius 1 is 1.09 bits per heavy atom. The van der Waals surface area contributed by atoms with Crippen molar-refractivity contribution in [2.45, 2.75) is 6.92 Å². The van der Waals surface area contributed by atoms with Gasteiger partial charge in [0.25, 0.3) is 5.89 Å². The van der Waals surface area contributed by atoms with E-state index < -0.39 is 0 Å². The highest BCUT2D eigenvalue weighted by molar-refractivity contribution is 6.31. The van der Waals surface area contributed by atoms with E-state index in [1.54, 1.807) is 6.92 Å². The maximum Gasteiger partial charge on any atom is 0.275 e. The third kappa shape index (κ3) is 2.09. The second-order valence-electron chi connectivity index (χ2n) is 5.08. The molecule has 0 aliphatic heterocycles. The van der Waals surface area contributed by atoms with Crippen LogP contribution >= 0.6 is 11.6 Å². The molecule has 0 unspecified atom stereocenters. The molecular weight excluding hydrogens is 298 g/mol. The van der Waals surface area contributed by atoms with Gasteiger partial charge in [0.2, 0.25) is 0 Å². The third-order valence-corrected chi connectivity index (χ3v) is 3.80. The van der Waals surface area contributed by atoms with Gasteiger partial charge >= 0.3 is 0 Å². The fourth-order valence-electron chi connectivity index (χ4n) is 2.63. The van der Waals surface area contributed by atoms with Crippen LogP contribution < -0.4 is 0 Å². The van der Waals surface area contributed by atoms with Gasteiger partial charge in [-0.25, -0.2) is 0 Å². The van der Waals surface area contributed by atoms with Gasteiger partial charge in [-0.15, -0.1) is 0 Å². The van der Waals surface area contributed by atoms with Gasteiger partial charge in [-0.2, -0.15) is 4.98 Å². The van der Waals surface area contributed by atoms with E-state index in [9.17, 15) is 0 Å². The molecule has 0 amide bonds. The lowest BCUT2D eigenvalue weighted by molar-refractivity contribution is 0.425. The monoisotopic (exact) mass is 309 g/mol. The van der Waals surface area contributed by atoms with Gasteiger partial charge in [0, 0.05) is 21.5 Å². The van der Waals surface area contributed by atoms with E-state index >= 15 is 0 Å². The summed E-state index contributed by atoms with van der Waals surface area (Å²) in [5.41, 5.74) is 3.88. The van der Waals surface area contributed by atoms with Crippen molar-refractivity contribution in [1.82, 2.24) is 15.1 Å². The summed E-state index contributed by atoms with van der Waals surface area (Å²) in [4.78, 5) is 7.71. The minimum Gasteiger partial charge on any atom is -0.350 e. The molecule has 108 valence electrons. The number of aromatic nitrogens is 3. The normalized spacial score (nSPS) is 11.2. The maximum atomic E-state index is 6.17. The van der Waals surface area contributed by atoms with Gasteiger partial charge in [0.15, 0.2) is 5.82 Å². The molecule has 0 aliphatic carbocycles. The third-order valence-electron chi connectivity index (χ3n) is 3.56. The Bertz CT molecular complexity index is 957. The number of halogens is 1. The number of aryl methyl sites for hydroxylation is 1. The minimum absolute atomic E-state index is 0.476. The molecule has 22 heavy (non-hydrogen) atoms. The first-order chi connectivity index (χ1) is 10.7. The van der Waals surface area contributed by atoms with Crippen molar-refractivity contribution in [2.75, 3.05) is 0 Å². The number of aromatic amines is 1. The van der Waals surface area contributed by atoms with Crippen LogP contribution in [0.5, 0.6) is 0 Å². The SMILES string of the molecule is Cc1noc(-c2[nH]c3ccc(Cl)cc3c2-c2ccccc2)n1. The average molecular weight is 310 g/mol. The van der Waals surface area contributed by atoms with Crippen molar-refractivity contribution in [1.29, 1.82) is 0 Å². The van der Waals surface area contributed by atoms with E-state index in [2.05, 4.69) is 27.3 Å². The van der Waals surface area contributed by atoms with Gasteiger partial charge < -0.3 is 9.51 Å². The van der Waals surface area contributed by atoms with E-state index in [1.165, 1.54) is 0 Å². The van der Waals surface area contributed by atoms with E-state index in [-0.39, 0.29) is 0 Å². The molecule has 4 nitrogen and oxygen atoms in total. The highest BCUT2D eigenvalue weighted by Gasteiger charge is 2.19. The zero-order chi connectivity index (χ0) is 15.1. The molecule has 2 heterocycles. The molecule has 0 saturated carbocycles. The van der Waals surface area contributed by atoms with Gasteiger partial charge in [-0.3, -0.25) is 0 Å². The number of hydrogen-bond acceptors (Lipinski definition) is 3. The zero-order valence-electron chi connectivity index (χ0n) is 11.8. The predicted octanol–water partition coefficient (Wildman–Crippen LogP) is 4.85. The molecule has 4 aromatic rings. The quantitative estimate of drug-likeness (QED) is 0.576. The first-order valence-corrected chi connectivity index (χ1v) is 7.27. The summed E-state index contributed by atoms with van der Waals surface area (Å²) >= 11 is 6.17. The molecule has 2 aromatic carbocycles. The number of benzene rings is 2. The Morgan fingerprint density at radius 2 is 1.91 bits per heavy atom. The number of fused-ring (bicyclic) bond motifs is 1. The molecule has 5 heteroatoms. The number of H-pyrrole nitrogens is 1. The molecule has 0 fully saturated rings. The van der Waals surface area contributed by atoms with Crippen molar-refractivity contribution >= 4 is 22.5 Å². The van der Waals surface area contributed by atoms with Crippen LogP contribution in [0.2, 0.25) is 5.02 Å². The summed E-state index contributed by atoms with van der Waals surface area (Å²) in [6.45, 7) is 1.80. The molecule has 2 aromatic heterocycles. The van der Waals surface area contributed by atoms with E-state index in [0.717, 1.165) is 27.7 Å². The molecule has 0 atom stereocenters. The highest BCUT2D eigenvalue weighted by Crippen LogP contribution is 2.38. The Labute approximate surface area is 131 Å². The van der Waals surface area contributed by atoms with E-state index in [4.69, 9.17) is 16.1 Å². The lowest BCUT2D eigenvalue weighted by Gasteiger charge is -2.02. The number of rotatable bonds is 2. The highest BCUT2D eigenvalue weighted by atomic mass is 35.5. The molecule has 0 aliphatic rings. The zero-order valence-corrected chi connectivity index (χ0v) is 12.6. The van der Waals surface area contributed by atoms with Crippen LogP contribution in [0.3, 0.4) is 0 Å². The van der Waals surface area contributed by atoms with Crippen LogP contribution in [0.4, 0.5) is 0 Å². The van der Waals surface area contributed by atoms with Crippen molar-refractivity contribution < 1.29 is 4.52 Å². The molecule has 1 N–H and O–H groups in total. The standard InChI is InChI=1S/C17H12ClN3O/c1-10-19-17(22-21-10)16-15(11-5-3-2-4-6-11)13-9-12(18)7-8-14(13)20-16/h2-9,20H,1H3. The maximum absolute atomic E-state index is 6.17. The molecule has 0 saturated heterocycles. The van der Waals surface area contributed by atoms with Crippen LogP contribution in [0.1, 0.15) is 5.82 Å². The Morgan fingerprint density at radius 3 is 2.64 bits per heavy atom. The van der Waals surface area contributed by atoms with Crippen molar-refractivity contribution in [3.05, 3.63) is 59.4 Å². The van der Waals surface area contributed by atoms with E-state index in [0.29, 0.717) is 16.7 Å². The Kier molecular flexibility index (Phi) is 2.98. The minimum atomic E-state index is 0.476. The summed E-state index contributed by atoms with van der Waals surface area (Å²) in [7, 11) is 0. The van der Waals surface area contributed by atoms with Crippen LogP contribution in [0.15, 0.2) is 53.1 Å². The number of nitrogens with zero attached hydrogens (tertiary/aromatic N) is 2. The van der Waals surface area contributed by atoms with Crippen LogP contribution in [-0.2, 0) is 0 Å². The summed E-state index contributed by atoms with van der Waals surface area (Å²) in [5, 5.41) is 5.61. The van der Waals surface area contributed by atoms with Crippen LogP contribution in [-0.4, -0.2) is 15.1 Å². The molecule has 0 radical (unpaired) electrons. The second-order valence-corrected chi connectivity index (χ2v) is 5.51. The van der Waals surface area contributed by atoms with Crippen molar-refractivity contribution in [2.24, 2.45) is 0 Å².